The maximum atomic E-state index is 14.6. The molecule has 3 fully saturated rings. The summed E-state index contributed by atoms with van der Waals surface area (Å²) in [4.78, 5) is 45.5. The number of nitrogens with zero attached hydrogens (tertiary/aromatic N) is 3. The highest BCUT2D eigenvalue weighted by Gasteiger charge is 2.61. The van der Waals surface area contributed by atoms with Crippen molar-refractivity contribution < 1.29 is 32.3 Å². The van der Waals surface area contributed by atoms with Crippen molar-refractivity contribution >= 4 is 35.4 Å². The first kappa shape index (κ1) is 31.0. The molecule has 1 saturated heterocycles. The summed E-state index contributed by atoms with van der Waals surface area (Å²) in [6, 6.07) is 1.60. The van der Waals surface area contributed by atoms with E-state index < -0.39 is 45.1 Å². The van der Waals surface area contributed by atoms with E-state index in [1.807, 2.05) is 0 Å². The largest absolute Gasteiger partial charge is 0.444 e. The Labute approximate surface area is 249 Å². The number of ether oxygens (including phenoxy) is 1. The molecule has 0 unspecified atom stereocenters. The van der Waals surface area contributed by atoms with E-state index >= 15 is 0 Å². The van der Waals surface area contributed by atoms with Gasteiger partial charge in [0.05, 0.1) is 21.6 Å². The van der Waals surface area contributed by atoms with Gasteiger partial charge in [-0.2, -0.15) is 13.2 Å². The van der Waals surface area contributed by atoms with E-state index in [9.17, 15) is 27.6 Å². The van der Waals surface area contributed by atoms with Gasteiger partial charge in [0.1, 0.15) is 5.60 Å². The fourth-order valence-corrected chi connectivity index (χ4v) is 8.28. The average molecular weight is 611 g/mol. The van der Waals surface area contributed by atoms with Gasteiger partial charge in [-0.25, -0.2) is 4.79 Å². The molecule has 42 heavy (non-hydrogen) atoms. The fraction of sp³-hybridized carbons (Fsp3) is 0.700. The third-order valence-corrected chi connectivity index (χ3v) is 10.4. The number of carbonyl (C=O) groups is 3. The van der Waals surface area contributed by atoms with Crippen molar-refractivity contribution in [1.29, 1.82) is 0 Å². The zero-order valence-electron chi connectivity index (χ0n) is 25.0. The number of thioether (sulfide) groups is 1. The maximum Gasteiger partial charge on any atom is 0.417 e. The zero-order chi connectivity index (χ0) is 30.8. The lowest BCUT2D eigenvalue weighted by Crippen LogP contribution is -2.55. The highest BCUT2D eigenvalue weighted by atomic mass is 32.2. The highest BCUT2D eigenvalue weighted by Crippen LogP contribution is 2.58. The van der Waals surface area contributed by atoms with Gasteiger partial charge in [0.15, 0.2) is 0 Å². The molecule has 2 atom stereocenters. The summed E-state index contributed by atoms with van der Waals surface area (Å²) in [5.41, 5.74) is 3.63. The molecular formula is C30H41F3N4O4S. The third kappa shape index (κ3) is 5.49. The molecule has 5 rings (SSSR count). The lowest BCUT2D eigenvalue weighted by molar-refractivity contribution is -0.138. The van der Waals surface area contributed by atoms with E-state index in [2.05, 4.69) is 0 Å². The summed E-state index contributed by atoms with van der Waals surface area (Å²) >= 11 is 1.19. The molecule has 2 spiro atoms. The number of piperidine rings is 1. The molecule has 2 aliphatic heterocycles. The Hall–Kier alpha value is -2.47. The summed E-state index contributed by atoms with van der Waals surface area (Å²) in [5.74, 6) is -0.869. The van der Waals surface area contributed by atoms with E-state index in [0.29, 0.717) is 42.9 Å². The van der Waals surface area contributed by atoms with Gasteiger partial charge in [0.2, 0.25) is 5.91 Å². The van der Waals surface area contributed by atoms with Crippen molar-refractivity contribution in [1.82, 2.24) is 9.80 Å². The molecule has 232 valence electrons. The topological polar surface area (TPSA) is 96.2 Å². The molecule has 2 saturated carbocycles. The van der Waals surface area contributed by atoms with Crippen LogP contribution in [0.1, 0.15) is 89.1 Å². The van der Waals surface area contributed by atoms with Gasteiger partial charge in [-0.05, 0) is 85.3 Å². The second-order valence-corrected chi connectivity index (χ2v) is 14.9. The number of amides is 3. The monoisotopic (exact) mass is 610 g/mol. The minimum absolute atomic E-state index is 0.146. The summed E-state index contributed by atoms with van der Waals surface area (Å²) in [6.07, 6.45) is -1.07. The lowest BCUT2D eigenvalue weighted by Gasteiger charge is -2.47. The molecule has 3 amide bonds. The number of anilines is 1. The number of benzene rings is 1. The number of hydrogen-bond donors (Lipinski definition) is 1. The van der Waals surface area contributed by atoms with Gasteiger partial charge in [-0.15, -0.1) is 11.8 Å². The molecular weight excluding hydrogens is 569 g/mol. The van der Waals surface area contributed by atoms with Gasteiger partial charge in [-0.3, -0.25) is 9.59 Å². The molecule has 1 aromatic rings. The van der Waals surface area contributed by atoms with Gasteiger partial charge >= 0.3 is 12.3 Å². The number of rotatable bonds is 5. The van der Waals surface area contributed by atoms with Crippen molar-refractivity contribution in [2.45, 2.75) is 107 Å². The zero-order valence-corrected chi connectivity index (χ0v) is 25.8. The van der Waals surface area contributed by atoms with E-state index in [0.717, 1.165) is 25.3 Å². The van der Waals surface area contributed by atoms with Crippen molar-refractivity contribution in [3.8, 4) is 0 Å². The Morgan fingerprint density at radius 2 is 1.86 bits per heavy atom. The van der Waals surface area contributed by atoms with Crippen LogP contribution in [-0.2, 0) is 15.7 Å². The predicted octanol–water partition coefficient (Wildman–Crippen LogP) is 5.67. The van der Waals surface area contributed by atoms with Crippen LogP contribution in [0.15, 0.2) is 17.0 Å². The summed E-state index contributed by atoms with van der Waals surface area (Å²) in [5, 5.41) is 0. The van der Waals surface area contributed by atoms with E-state index in [4.69, 9.17) is 10.5 Å². The van der Waals surface area contributed by atoms with Crippen LogP contribution in [0, 0.1) is 5.41 Å². The van der Waals surface area contributed by atoms with E-state index in [1.165, 1.54) is 22.7 Å². The quantitative estimate of drug-likeness (QED) is 0.462. The number of nitrogens with two attached hydrogens (primary N) is 1. The van der Waals surface area contributed by atoms with Crippen LogP contribution >= 0.6 is 11.8 Å². The van der Waals surface area contributed by atoms with Crippen LogP contribution in [-0.4, -0.2) is 76.3 Å². The Morgan fingerprint density at radius 1 is 1.17 bits per heavy atom. The van der Waals surface area contributed by atoms with Gasteiger partial charge in [-0.1, -0.05) is 0 Å². The molecule has 2 heterocycles. The minimum atomic E-state index is -4.77. The number of likely N-dealkylation sites (tertiary alicyclic amines) is 1. The minimum Gasteiger partial charge on any atom is -0.444 e. The average Bonchev–Trinajstić information content (AvgIpc) is 3.52. The smallest absolute Gasteiger partial charge is 0.417 e. The first-order valence-electron chi connectivity index (χ1n) is 14.8. The molecule has 0 bridgehead atoms. The van der Waals surface area contributed by atoms with Crippen LogP contribution < -0.4 is 10.6 Å². The van der Waals surface area contributed by atoms with Gasteiger partial charge < -0.3 is 25.2 Å². The Balaban J connectivity index is 1.49. The Kier molecular flexibility index (Phi) is 7.82. The molecule has 1 aromatic carbocycles. The van der Waals surface area contributed by atoms with Crippen molar-refractivity contribution in [3.63, 3.8) is 0 Å². The van der Waals surface area contributed by atoms with Crippen LogP contribution in [0.3, 0.4) is 0 Å². The lowest BCUT2D eigenvalue weighted by atomic mass is 9.82. The second-order valence-electron chi connectivity index (χ2n) is 13.5. The van der Waals surface area contributed by atoms with Crippen molar-refractivity contribution in [2.75, 3.05) is 31.1 Å². The molecule has 0 radical (unpaired) electrons. The number of halogens is 3. The Bertz CT molecular complexity index is 1280. The Morgan fingerprint density at radius 3 is 2.40 bits per heavy atom. The molecule has 0 aromatic heterocycles. The molecule has 12 heteroatoms. The van der Waals surface area contributed by atoms with E-state index in [1.54, 1.807) is 44.4 Å². The van der Waals surface area contributed by atoms with Crippen LogP contribution in [0.2, 0.25) is 0 Å². The predicted molar refractivity (Wildman–Crippen MR) is 154 cm³/mol. The SMILES string of the molecule is CC(C)N(C(=O)c1cc2c(cc1C(F)(F)F)SC1(CCC1)C(=O)N2CCN)[C@H]1C[C@@]12CCCN(C(=O)OC(C)(C)C)C2. The molecule has 2 aliphatic carbocycles. The van der Waals surface area contributed by atoms with Crippen molar-refractivity contribution in [3.05, 3.63) is 23.3 Å². The summed E-state index contributed by atoms with van der Waals surface area (Å²) in [7, 11) is 0. The number of carbonyl (C=O) groups excluding carboxylic acids is 3. The van der Waals surface area contributed by atoms with Crippen LogP contribution in [0.5, 0.6) is 0 Å². The number of fused-ring (bicyclic) bond motifs is 1. The normalized spacial score (nSPS) is 25.0. The van der Waals surface area contributed by atoms with Gasteiger partial charge in [0.25, 0.3) is 5.91 Å². The fourth-order valence-electron chi connectivity index (χ4n) is 6.72. The summed E-state index contributed by atoms with van der Waals surface area (Å²) < 4.78 is 48.5. The van der Waals surface area contributed by atoms with Crippen molar-refractivity contribution in [2.24, 2.45) is 11.1 Å². The molecule has 8 nitrogen and oxygen atoms in total. The maximum absolute atomic E-state index is 14.6. The summed E-state index contributed by atoms with van der Waals surface area (Å²) in [6.45, 7) is 10.2. The first-order chi connectivity index (χ1) is 19.5. The second kappa shape index (κ2) is 10.6. The van der Waals surface area contributed by atoms with E-state index in [-0.39, 0.29) is 31.1 Å². The van der Waals surface area contributed by atoms with Crippen LogP contribution in [0.25, 0.3) is 0 Å². The number of hydrogen-bond acceptors (Lipinski definition) is 6. The van der Waals surface area contributed by atoms with Crippen LogP contribution in [0.4, 0.5) is 23.7 Å². The molecule has 2 N–H and O–H groups in total. The number of alkyl halides is 3. The van der Waals surface area contributed by atoms with Gasteiger partial charge in [0, 0.05) is 48.6 Å². The highest BCUT2D eigenvalue weighted by molar-refractivity contribution is 8.01. The molecule has 4 aliphatic rings. The third-order valence-electron chi connectivity index (χ3n) is 8.91. The first-order valence-corrected chi connectivity index (χ1v) is 15.6. The standard InChI is InChI=1S/C30H41F3N4O4S/c1-18(2)37(23-16-28(23)8-7-12-35(17-28)26(40)41-27(3,4)5)24(38)19-14-21-22(15-20(19)30(31,32)33)42-29(9-6-10-29)25(39)36(21)13-11-34/h14-15,18,23H,6-13,16-17,34H2,1-5H3/t23-,28+/m0/s1.